The first-order valence-corrected chi connectivity index (χ1v) is 12.1. The molecule has 1 aliphatic rings. The second kappa shape index (κ2) is 8.34. The summed E-state index contributed by atoms with van der Waals surface area (Å²) in [6, 6.07) is 16.1. The van der Waals surface area contributed by atoms with Gasteiger partial charge < -0.3 is 9.47 Å². The molecule has 3 heterocycles. The maximum Gasteiger partial charge on any atom is 0.256 e. The van der Waals surface area contributed by atoms with Gasteiger partial charge in [0.2, 0.25) is 0 Å². The van der Waals surface area contributed by atoms with E-state index in [1.807, 2.05) is 47.5 Å². The zero-order valence-corrected chi connectivity index (χ0v) is 19.5. The predicted octanol–water partition coefficient (Wildman–Crippen LogP) is 7.01. The van der Waals surface area contributed by atoms with Gasteiger partial charge in [0.05, 0.1) is 21.7 Å². The van der Waals surface area contributed by atoms with Crippen LogP contribution >= 0.6 is 34.5 Å². The van der Waals surface area contributed by atoms with Crippen LogP contribution in [0.25, 0.3) is 10.9 Å². The van der Waals surface area contributed by atoms with Crippen molar-refractivity contribution in [2.45, 2.75) is 32.4 Å². The number of amides is 1. The number of benzene rings is 2. The summed E-state index contributed by atoms with van der Waals surface area (Å²) in [7, 11) is 0. The largest absolute Gasteiger partial charge is 0.347 e. The van der Waals surface area contributed by atoms with Crippen LogP contribution in [-0.4, -0.2) is 21.9 Å². The standard InChI is InChI=1S/C25H22Cl2N2OS/c1-2-28-15-19(18-5-3-4-6-22(18)28)25(30)29-11-9-17-10-12-31-24(17)23(29)14-16-7-8-20(26)21(27)13-16/h3-8,10,12-13,15,23H,2,9,11,14H2,1H3. The van der Waals surface area contributed by atoms with Crippen molar-refractivity contribution < 1.29 is 4.79 Å². The first-order chi connectivity index (χ1) is 15.1. The van der Waals surface area contributed by atoms with Crippen molar-refractivity contribution in [2.24, 2.45) is 0 Å². The highest BCUT2D eigenvalue weighted by atomic mass is 35.5. The molecular weight excluding hydrogens is 447 g/mol. The lowest BCUT2D eigenvalue weighted by molar-refractivity contribution is 0.0666. The van der Waals surface area contributed by atoms with Crippen LogP contribution in [0.15, 0.2) is 60.1 Å². The summed E-state index contributed by atoms with van der Waals surface area (Å²) in [6.07, 6.45) is 3.60. The minimum absolute atomic E-state index is 0.0165. The molecule has 0 saturated heterocycles. The number of hydrogen-bond donors (Lipinski definition) is 0. The van der Waals surface area contributed by atoms with Crippen molar-refractivity contribution in [2.75, 3.05) is 6.54 Å². The van der Waals surface area contributed by atoms with E-state index in [0.717, 1.165) is 35.0 Å². The van der Waals surface area contributed by atoms with Crippen molar-refractivity contribution in [1.82, 2.24) is 9.47 Å². The third-order valence-electron chi connectivity index (χ3n) is 6.12. The lowest BCUT2D eigenvalue weighted by Crippen LogP contribution is -2.40. The Balaban J connectivity index is 1.55. The summed E-state index contributed by atoms with van der Waals surface area (Å²) >= 11 is 14.1. The zero-order valence-electron chi connectivity index (χ0n) is 17.1. The Hall–Kier alpha value is -2.27. The molecule has 0 bridgehead atoms. The molecule has 0 radical (unpaired) electrons. The average Bonchev–Trinajstić information content (AvgIpc) is 3.41. The maximum absolute atomic E-state index is 13.9. The van der Waals surface area contributed by atoms with Crippen molar-refractivity contribution >= 4 is 51.3 Å². The van der Waals surface area contributed by atoms with Gasteiger partial charge in [-0.25, -0.2) is 0 Å². The molecule has 6 heteroatoms. The zero-order chi connectivity index (χ0) is 21.5. The topological polar surface area (TPSA) is 25.2 Å². The van der Waals surface area contributed by atoms with Crippen LogP contribution in [0.1, 0.15) is 39.3 Å². The van der Waals surface area contributed by atoms with Crippen LogP contribution in [0, 0.1) is 0 Å². The van der Waals surface area contributed by atoms with Crippen LogP contribution in [0.5, 0.6) is 0 Å². The van der Waals surface area contributed by atoms with Gasteiger partial charge in [0.1, 0.15) is 0 Å². The monoisotopic (exact) mass is 468 g/mol. The number of rotatable bonds is 4. The number of thiophene rings is 1. The van der Waals surface area contributed by atoms with Crippen molar-refractivity contribution in [3.8, 4) is 0 Å². The normalized spacial score (nSPS) is 16.0. The molecule has 5 rings (SSSR count). The number of para-hydroxylation sites is 1. The van der Waals surface area contributed by atoms with E-state index >= 15 is 0 Å². The molecule has 3 nitrogen and oxygen atoms in total. The van der Waals surface area contributed by atoms with Gasteiger partial charge in [-0.2, -0.15) is 0 Å². The maximum atomic E-state index is 13.9. The first-order valence-electron chi connectivity index (χ1n) is 10.5. The molecule has 2 aromatic heterocycles. The fourth-order valence-corrected chi connectivity index (χ4v) is 5.94. The smallest absolute Gasteiger partial charge is 0.256 e. The van der Waals surface area contributed by atoms with E-state index in [1.54, 1.807) is 11.3 Å². The Bertz CT molecular complexity index is 1280. The van der Waals surface area contributed by atoms with E-state index in [-0.39, 0.29) is 11.9 Å². The Labute approximate surface area is 195 Å². The van der Waals surface area contributed by atoms with Gasteiger partial charge in [0.15, 0.2) is 0 Å². The van der Waals surface area contributed by atoms with E-state index in [4.69, 9.17) is 23.2 Å². The van der Waals surface area contributed by atoms with Crippen LogP contribution in [0.3, 0.4) is 0 Å². The lowest BCUT2D eigenvalue weighted by Gasteiger charge is -2.36. The van der Waals surface area contributed by atoms with Crippen LogP contribution < -0.4 is 0 Å². The molecule has 4 aromatic rings. The number of halogens is 2. The molecule has 0 spiro atoms. The van der Waals surface area contributed by atoms with Gasteiger partial charge in [-0.1, -0.05) is 47.5 Å². The quantitative estimate of drug-likeness (QED) is 0.316. The summed E-state index contributed by atoms with van der Waals surface area (Å²) in [4.78, 5) is 17.2. The summed E-state index contributed by atoms with van der Waals surface area (Å²) in [5, 5.41) is 4.24. The molecule has 2 aromatic carbocycles. The van der Waals surface area contributed by atoms with E-state index < -0.39 is 0 Å². The number of carbonyl (C=O) groups is 1. The number of aryl methyl sites for hydroxylation is 1. The molecule has 1 atom stereocenters. The molecule has 1 aliphatic heterocycles. The van der Waals surface area contributed by atoms with Crippen molar-refractivity contribution in [3.63, 3.8) is 0 Å². The van der Waals surface area contributed by atoms with Crippen LogP contribution in [-0.2, 0) is 19.4 Å². The van der Waals surface area contributed by atoms with E-state index in [2.05, 4.69) is 29.0 Å². The van der Waals surface area contributed by atoms with E-state index in [0.29, 0.717) is 23.0 Å². The lowest BCUT2D eigenvalue weighted by atomic mass is 9.95. The summed E-state index contributed by atoms with van der Waals surface area (Å²) in [5.74, 6) is 0.0903. The van der Waals surface area contributed by atoms with Crippen LogP contribution in [0.2, 0.25) is 10.0 Å². The molecular formula is C25H22Cl2N2OS. The van der Waals surface area contributed by atoms with Crippen molar-refractivity contribution in [1.29, 1.82) is 0 Å². The minimum atomic E-state index is -0.0165. The second-order valence-corrected chi connectivity index (χ2v) is 9.64. The molecule has 158 valence electrons. The van der Waals surface area contributed by atoms with Crippen molar-refractivity contribution in [3.05, 3.63) is 91.7 Å². The highest BCUT2D eigenvalue weighted by molar-refractivity contribution is 7.10. The minimum Gasteiger partial charge on any atom is -0.347 e. The third kappa shape index (κ3) is 3.67. The number of carbonyl (C=O) groups excluding carboxylic acids is 1. The predicted molar refractivity (Wildman–Crippen MR) is 130 cm³/mol. The average molecular weight is 469 g/mol. The third-order valence-corrected chi connectivity index (χ3v) is 7.91. The summed E-state index contributed by atoms with van der Waals surface area (Å²) < 4.78 is 2.15. The number of nitrogens with zero attached hydrogens (tertiary/aromatic N) is 2. The Kier molecular flexibility index (Phi) is 5.55. The molecule has 1 unspecified atom stereocenters. The second-order valence-electron chi connectivity index (χ2n) is 7.87. The van der Waals surface area contributed by atoms with E-state index in [1.165, 1.54) is 10.4 Å². The molecule has 0 aliphatic carbocycles. The highest BCUT2D eigenvalue weighted by Gasteiger charge is 2.33. The number of fused-ring (bicyclic) bond motifs is 2. The SMILES string of the molecule is CCn1cc(C(=O)N2CCc3ccsc3C2Cc2ccc(Cl)c(Cl)c2)c2ccccc21. The van der Waals surface area contributed by atoms with Crippen LogP contribution in [0.4, 0.5) is 0 Å². The van der Waals surface area contributed by atoms with Gasteiger partial charge in [-0.3, -0.25) is 4.79 Å². The van der Waals surface area contributed by atoms with Gasteiger partial charge in [0.25, 0.3) is 5.91 Å². The molecule has 0 fully saturated rings. The number of hydrogen-bond acceptors (Lipinski definition) is 2. The highest BCUT2D eigenvalue weighted by Crippen LogP contribution is 2.38. The van der Waals surface area contributed by atoms with Gasteiger partial charge in [-0.05, 0) is 60.5 Å². The van der Waals surface area contributed by atoms with Gasteiger partial charge in [-0.15, -0.1) is 11.3 Å². The van der Waals surface area contributed by atoms with Gasteiger partial charge >= 0.3 is 0 Å². The summed E-state index contributed by atoms with van der Waals surface area (Å²) in [6.45, 7) is 3.64. The summed E-state index contributed by atoms with van der Waals surface area (Å²) in [5.41, 5.74) is 4.30. The molecule has 31 heavy (non-hydrogen) atoms. The fraction of sp³-hybridized carbons (Fsp3) is 0.240. The fourth-order valence-electron chi connectivity index (χ4n) is 4.55. The Morgan fingerprint density at radius 2 is 1.97 bits per heavy atom. The first kappa shape index (κ1) is 20.6. The number of aromatic nitrogens is 1. The van der Waals surface area contributed by atoms with E-state index in [9.17, 15) is 4.79 Å². The molecule has 0 N–H and O–H groups in total. The molecule has 0 saturated carbocycles. The van der Waals surface area contributed by atoms with Gasteiger partial charge in [0, 0.05) is 35.1 Å². The molecule has 1 amide bonds. The Morgan fingerprint density at radius 3 is 2.77 bits per heavy atom. The Morgan fingerprint density at radius 1 is 1.13 bits per heavy atom.